The van der Waals surface area contributed by atoms with Gasteiger partial charge in [0.25, 0.3) is 5.91 Å². The molecule has 6 rings (SSSR count). The summed E-state index contributed by atoms with van der Waals surface area (Å²) in [6, 6.07) is 25.6. The highest BCUT2D eigenvalue weighted by atomic mass is 19.4. The van der Waals surface area contributed by atoms with Gasteiger partial charge < -0.3 is 10.2 Å². The van der Waals surface area contributed by atoms with E-state index in [-0.39, 0.29) is 29.8 Å². The molecular formula is C32H32F3N5O. The molecule has 0 radical (unpaired) electrons. The second-order valence-electron chi connectivity index (χ2n) is 10.8. The fourth-order valence-electron chi connectivity index (χ4n) is 5.97. The zero-order chi connectivity index (χ0) is 28.6. The van der Waals surface area contributed by atoms with Crippen molar-refractivity contribution in [3.05, 3.63) is 119 Å². The third kappa shape index (κ3) is 5.46. The van der Waals surface area contributed by atoms with Gasteiger partial charge in [-0.05, 0) is 23.6 Å². The fraction of sp³-hybridized carbons (Fsp3) is 0.312. The summed E-state index contributed by atoms with van der Waals surface area (Å²) in [5, 5.41) is 7.28. The van der Waals surface area contributed by atoms with Gasteiger partial charge >= 0.3 is 6.18 Å². The largest absolute Gasteiger partial charge is 0.410 e. The number of halogens is 3. The molecule has 1 amide bonds. The minimum absolute atomic E-state index is 0.0445. The molecule has 3 aromatic carbocycles. The van der Waals surface area contributed by atoms with Gasteiger partial charge in [-0.3, -0.25) is 9.69 Å². The van der Waals surface area contributed by atoms with Crippen LogP contribution in [0.3, 0.4) is 0 Å². The van der Waals surface area contributed by atoms with Crippen LogP contribution < -0.4 is 5.32 Å². The van der Waals surface area contributed by atoms with Gasteiger partial charge in [-0.2, -0.15) is 18.3 Å². The van der Waals surface area contributed by atoms with Gasteiger partial charge in [-0.15, -0.1) is 0 Å². The standard InChI is InChI=1S/C32H32F3N5O/c1-22-12-14-23(15-13-22)27-20-28(32(33,34)35)40-30(37-27)26(21-36-40)31(41)39-18-16-38(17-19-39)29(24-8-4-2-5-9-24)25-10-6-3-7-11-25/h2-15,21,27-29,37H,16-20H2,1H3/t27-,28+/m1/s1. The molecule has 1 fully saturated rings. The van der Waals surface area contributed by atoms with Gasteiger partial charge in [0, 0.05) is 32.6 Å². The third-order valence-electron chi connectivity index (χ3n) is 8.15. The number of benzene rings is 3. The number of alkyl halides is 3. The fourth-order valence-corrected chi connectivity index (χ4v) is 5.97. The maximum Gasteiger partial charge on any atom is 0.410 e. The third-order valence-corrected chi connectivity index (χ3v) is 8.15. The van der Waals surface area contributed by atoms with E-state index < -0.39 is 18.3 Å². The summed E-state index contributed by atoms with van der Waals surface area (Å²) in [6.07, 6.45) is -3.42. The van der Waals surface area contributed by atoms with Crippen molar-refractivity contribution < 1.29 is 18.0 Å². The van der Waals surface area contributed by atoms with Crippen molar-refractivity contribution in [3.8, 4) is 0 Å². The van der Waals surface area contributed by atoms with E-state index >= 15 is 0 Å². The first-order valence-corrected chi connectivity index (χ1v) is 13.9. The van der Waals surface area contributed by atoms with Gasteiger partial charge in [0.15, 0.2) is 6.04 Å². The number of nitrogens with zero attached hydrogens (tertiary/aromatic N) is 4. The van der Waals surface area contributed by atoms with Crippen LogP contribution in [0.25, 0.3) is 0 Å². The lowest BCUT2D eigenvalue weighted by Gasteiger charge is -2.40. The zero-order valence-electron chi connectivity index (χ0n) is 22.8. The van der Waals surface area contributed by atoms with Crippen molar-refractivity contribution in [2.45, 2.75) is 37.6 Å². The summed E-state index contributed by atoms with van der Waals surface area (Å²) in [6.45, 7) is 4.13. The minimum Gasteiger partial charge on any atom is -0.363 e. The van der Waals surface area contributed by atoms with Crippen LogP contribution in [0.2, 0.25) is 0 Å². The topological polar surface area (TPSA) is 53.4 Å². The number of carbonyl (C=O) groups is 1. The molecule has 2 aliphatic rings. The number of aromatic nitrogens is 2. The number of amides is 1. The number of hydrogen-bond acceptors (Lipinski definition) is 4. The number of nitrogens with one attached hydrogen (secondary N) is 1. The van der Waals surface area contributed by atoms with Crippen LogP contribution in [0.5, 0.6) is 0 Å². The molecule has 2 aliphatic heterocycles. The van der Waals surface area contributed by atoms with Gasteiger partial charge in [0.1, 0.15) is 11.4 Å². The summed E-state index contributed by atoms with van der Waals surface area (Å²) in [5.74, 6) is -0.178. The van der Waals surface area contributed by atoms with Gasteiger partial charge in [-0.25, -0.2) is 4.68 Å². The molecule has 1 aromatic heterocycles. The Morgan fingerprint density at radius 2 is 1.46 bits per heavy atom. The van der Waals surface area contributed by atoms with Crippen LogP contribution in [0.15, 0.2) is 91.1 Å². The molecule has 6 nitrogen and oxygen atoms in total. The number of carbonyl (C=O) groups excluding carboxylic acids is 1. The normalized spacial score (nSPS) is 19.6. The molecular weight excluding hydrogens is 527 g/mol. The molecule has 1 saturated heterocycles. The SMILES string of the molecule is Cc1ccc([C@H]2C[C@@H](C(F)(F)F)n3ncc(C(=O)N4CCN(C(c5ccccc5)c5ccccc5)CC4)c3N2)cc1. The second-order valence-corrected chi connectivity index (χ2v) is 10.8. The summed E-state index contributed by atoms with van der Waals surface area (Å²) in [4.78, 5) is 17.8. The number of rotatable bonds is 5. The predicted molar refractivity (Wildman–Crippen MR) is 152 cm³/mol. The molecule has 2 atom stereocenters. The van der Waals surface area contributed by atoms with Crippen molar-refractivity contribution in [2.24, 2.45) is 0 Å². The molecule has 9 heteroatoms. The van der Waals surface area contributed by atoms with E-state index in [1.54, 1.807) is 4.90 Å². The van der Waals surface area contributed by atoms with E-state index in [1.807, 2.05) is 67.6 Å². The Morgan fingerprint density at radius 3 is 2.02 bits per heavy atom. The summed E-state index contributed by atoms with van der Waals surface area (Å²) < 4.78 is 43.4. The Labute approximate surface area is 237 Å². The van der Waals surface area contributed by atoms with Crippen LogP contribution in [0, 0.1) is 6.92 Å². The van der Waals surface area contributed by atoms with Gasteiger partial charge in [-0.1, -0.05) is 90.5 Å². The van der Waals surface area contributed by atoms with Crippen molar-refractivity contribution in [1.82, 2.24) is 19.6 Å². The number of anilines is 1. The molecule has 4 aromatic rings. The van der Waals surface area contributed by atoms with Gasteiger partial charge in [0.2, 0.25) is 0 Å². The number of hydrogen-bond donors (Lipinski definition) is 1. The van der Waals surface area contributed by atoms with Crippen LogP contribution in [-0.2, 0) is 0 Å². The Kier molecular flexibility index (Phi) is 7.30. The summed E-state index contributed by atoms with van der Waals surface area (Å²) >= 11 is 0. The van der Waals surface area contributed by atoms with E-state index in [0.29, 0.717) is 26.2 Å². The monoisotopic (exact) mass is 559 g/mol. The molecule has 41 heavy (non-hydrogen) atoms. The molecule has 3 heterocycles. The van der Waals surface area contributed by atoms with Crippen LogP contribution in [-0.4, -0.2) is 57.8 Å². The number of aryl methyl sites for hydroxylation is 1. The molecule has 1 N–H and O–H groups in total. The van der Waals surface area contributed by atoms with E-state index in [1.165, 1.54) is 17.3 Å². The van der Waals surface area contributed by atoms with Gasteiger partial charge in [0.05, 0.1) is 18.3 Å². The Hall–Kier alpha value is -4.11. The van der Waals surface area contributed by atoms with Crippen molar-refractivity contribution >= 4 is 11.7 Å². The predicted octanol–water partition coefficient (Wildman–Crippen LogP) is 6.40. The quantitative estimate of drug-likeness (QED) is 0.308. The minimum atomic E-state index is -4.50. The number of piperazine rings is 1. The zero-order valence-corrected chi connectivity index (χ0v) is 22.8. The van der Waals surface area contributed by atoms with Crippen LogP contribution in [0.4, 0.5) is 19.0 Å². The summed E-state index contributed by atoms with van der Waals surface area (Å²) in [5.41, 5.74) is 4.30. The highest BCUT2D eigenvalue weighted by molar-refractivity contribution is 5.99. The first-order valence-electron chi connectivity index (χ1n) is 13.9. The maximum absolute atomic E-state index is 14.1. The van der Waals surface area contributed by atoms with E-state index in [4.69, 9.17) is 0 Å². The van der Waals surface area contributed by atoms with Crippen molar-refractivity contribution in [2.75, 3.05) is 31.5 Å². The highest BCUT2D eigenvalue weighted by Gasteiger charge is 2.47. The smallest absolute Gasteiger partial charge is 0.363 e. The lowest BCUT2D eigenvalue weighted by Crippen LogP contribution is -2.50. The van der Waals surface area contributed by atoms with Crippen molar-refractivity contribution in [3.63, 3.8) is 0 Å². The first kappa shape index (κ1) is 27.1. The van der Waals surface area contributed by atoms with Crippen LogP contribution >= 0.6 is 0 Å². The first-order chi connectivity index (χ1) is 19.8. The molecule has 0 bridgehead atoms. The highest BCUT2D eigenvalue weighted by Crippen LogP contribution is 2.44. The average molecular weight is 560 g/mol. The lowest BCUT2D eigenvalue weighted by atomic mass is 9.95. The van der Waals surface area contributed by atoms with E-state index in [9.17, 15) is 18.0 Å². The second kappa shape index (κ2) is 11.0. The Bertz CT molecular complexity index is 1440. The average Bonchev–Trinajstić information content (AvgIpc) is 3.42. The van der Waals surface area contributed by atoms with Crippen molar-refractivity contribution in [1.29, 1.82) is 0 Å². The molecule has 0 saturated carbocycles. The maximum atomic E-state index is 14.1. The van der Waals surface area contributed by atoms with E-state index in [0.717, 1.165) is 15.8 Å². The number of fused-ring (bicyclic) bond motifs is 1. The molecule has 0 aliphatic carbocycles. The molecule has 0 unspecified atom stereocenters. The lowest BCUT2D eigenvalue weighted by molar-refractivity contribution is -0.173. The Balaban J connectivity index is 1.23. The van der Waals surface area contributed by atoms with Crippen LogP contribution in [0.1, 0.15) is 57.2 Å². The van der Waals surface area contributed by atoms with E-state index in [2.05, 4.69) is 39.6 Å². The molecule has 0 spiro atoms. The summed E-state index contributed by atoms with van der Waals surface area (Å²) in [7, 11) is 0. The Morgan fingerprint density at radius 1 is 0.878 bits per heavy atom. The molecule has 212 valence electrons.